The maximum atomic E-state index is 12.1. The topological polar surface area (TPSA) is 132 Å². The van der Waals surface area contributed by atoms with Gasteiger partial charge >= 0.3 is 6.03 Å². The van der Waals surface area contributed by atoms with Crippen molar-refractivity contribution in [3.63, 3.8) is 0 Å². The van der Waals surface area contributed by atoms with Gasteiger partial charge in [-0.15, -0.1) is 0 Å². The van der Waals surface area contributed by atoms with Gasteiger partial charge in [-0.3, -0.25) is 14.6 Å². The van der Waals surface area contributed by atoms with E-state index in [1.807, 2.05) is 32.9 Å². The van der Waals surface area contributed by atoms with E-state index in [-0.39, 0.29) is 30.3 Å². The molecule has 5 N–H and O–H groups in total. The van der Waals surface area contributed by atoms with Crippen molar-refractivity contribution in [2.75, 3.05) is 13.6 Å². The van der Waals surface area contributed by atoms with Gasteiger partial charge < -0.3 is 26.4 Å². The summed E-state index contributed by atoms with van der Waals surface area (Å²) in [7, 11) is 1.47. The highest BCUT2D eigenvalue weighted by Crippen LogP contribution is 2.22. The summed E-state index contributed by atoms with van der Waals surface area (Å²) in [4.78, 5) is 39.6. The molecule has 0 bridgehead atoms. The zero-order valence-corrected chi connectivity index (χ0v) is 17.8. The molecular weight excluding hydrogens is 374 g/mol. The minimum absolute atomic E-state index is 0.156. The predicted molar refractivity (Wildman–Crippen MR) is 112 cm³/mol. The molecule has 9 heteroatoms. The number of benzene rings is 1. The number of nitrogens with zero attached hydrogens (tertiary/aromatic N) is 1. The van der Waals surface area contributed by atoms with Crippen molar-refractivity contribution in [3.8, 4) is 5.75 Å². The standard InChI is InChI=1S/C20H31N5O4/c1-11-7-12(2)18(27)16(8-11)9-22-13(3)14(4)24-20(29)25-15(5)19(28)23-10-17(26)21-6/h7-9,13-15,27H,10H2,1-6H3,(H,21,26)(H,23,28)(H2,24,25,29). The van der Waals surface area contributed by atoms with Crippen LogP contribution in [0.5, 0.6) is 5.75 Å². The van der Waals surface area contributed by atoms with Gasteiger partial charge in [0, 0.05) is 24.9 Å². The largest absolute Gasteiger partial charge is 0.507 e. The zero-order valence-electron chi connectivity index (χ0n) is 17.8. The summed E-state index contributed by atoms with van der Waals surface area (Å²) in [6, 6.07) is 1.81. The van der Waals surface area contributed by atoms with Crippen LogP contribution in [0.15, 0.2) is 17.1 Å². The van der Waals surface area contributed by atoms with Crippen molar-refractivity contribution in [1.82, 2.24) is 21.3 Å². The molecule has 1 aromatic rings. The number of hydrogen-bond acceptors (Lipinski definition) is 5. The number of hydrogen-bond donors (Lipinski definition) is 5. The molecule has 0 aromatic heterocycles. The van der Waals surface area contributed by atoms with Crippen LogP contribution in [0.1, 0.15) is 37.5 Å². The Kier molecular flexibility index (Phi) is 9.11. The lowest BCUT2D eigenvalue weighted by molar-refractivity contribution is -0.126. The molecule has 9 nitrogen and oxygen atoms in total. The number of phenols is 1. The van der Waals surface area contributed by atoms with Crippen molar-refractivity contribution < 1.29 is 19.5 Å². The molecule has 0 radical (unpaired) electrons. The number of aliphatic imine (C=N–C) groups is 1. The van der Waals surface area contributed by atoms with Crippen LogP contribution in [-0.2, 0) is 9.59 Å². The number of amides is 4. The van der Waals surface area contributed by atoms with E-state index in [1.54, 1.807) is 13.1 Å². The molecule has 0 saturated heterocycles. The van der Waals surface area contributed by atoms with Crippen LogP contribution < -0.4 is 21.3 Å². The molecule has 1 rings (SSSR count). The van der Waals surface area contributed by atoms with Crippen molar-refractivity contribution in [2.24, 2.45) is 4.99 Å². The SMILES string of the molecule is CNC(=O)CNC(=O)C(C)NC(=O)NC(C)C(C)N=Cc1cc(C)cc(C)c1O. The van der Waals surface area contributed by atoms with Crippen LogP contribution in [0, 0.1) is 13.8 Å². The molecule has 0 spiro atoms. The summed E-state index contributed by atoms with van der Waals surface area (Å²) >= 11 is 0. The van der Waals surface area contributed by atoms with E-state index in [0.717, 1.165) is 11.1 Å². The highest BCUT2D eigenvalue weighted by Gasteiger charge is 2.19. The molecule has 4 amide bonds. The van der Waals surface area contributed by atoms with Gasteiger partial charge in [-0.25, -0.2) is 4.79 Å². The summed E-state index contributed by atoms with van der Waals surface area (Å²) in [6.45, 7) is 8.75. The van der Waals surface area contributed by atoms with Gasteiger partial charge in [-0.1, -0.05) is 6.07 Å². The fraction of sp³-hybridized carbons (Fsp3) is 0.500. The predicted octanol–water partition coefficient (Wildman–Crippen LogP) is 0.755. The normalized spacial score (nSPS) is 14.0. The molecule has 0 aliphatic carbocycles. The third-order valence-corrected chi connectivity index (χ3v) is 4.45. The Balaban J connectivity index is 2.57. The molecule has 0 aliphatic heterocycles. The van der Waals surface area contributed by atoms with E-state index < -0.39 is 18.0 Å². The van der Waals surface area contributed by atoms with E-state index in [1.165, 1.54) is 14.0 Å². The number of rotatable bonds is 8. The first-order valence-corrected chi connectivity index (χ1v) is 9.43. The molecule has 0 saturated carbocycles. The Hall–Kier alpha value is -3.10. The van der Waals surface area contributed by atoms with Gasteiger partial charge in [0.1, 0.15) is 11.8 Å². The molecule has 1 aromatic carbocycles. The zero-order chi connectivity index (χ0) is 22.1. The molecule has 160 valence electrons. The van der Waals surface area contributed by atoms with Gasteiger partial charge in [0.2, 0.25) is 11.8 Å². The van der Waals surface area contributed by atoms with E-state index >= 15 is 0 Å². The molecule has 0 fully saturated rings. The van der Waals surface area contributed by atoms with Crippen molar-refractivity contribution >= 4 is 24.1 Å². The number of nitrogens with one attached hydrogen (secondary N) is 4. The summed E-state index contributed by atoms with van der Waals surface area (Å²) in [5.74, 6) is -0.612. The highest BCUT2D eigenvalue weighted by molar-refractivity contribution is 5.90. The van der Waals surface area contributed by atoms with Crippen LogP contribution in [0.2, 0.25) is 0 Å². The Bertz CT molecular complexity index is 778. The summed E-state index contributed by atoms with van der Waals surface area (Å²) in [5.41, 5.74) is 2.41. The average Bonchev–Trinajstić information content (AvgIpc) is 2.66. The maximum Gasteiger partial charge on any atom is 0.315 e. The van der Waals surface area contributed by atoms with Gasteiger partial charge in [-0.05, 0) is 51.8 Å². The third-order valence-electron chi connectivity index (χ3n) is 4.45. The lowest BCUT2D eigenvalue weighted by Gasteiger charge is -2.20. The summed E-state index contributed by atoms with van der Waals surface area (Å²) in [5, 5.41) is 20.2. The third kappa shape index (κ3) is 7.81. The Labute approximate surface area is 171 Å². The molecule has 0 aliphatic rings. The summed E-state index contributed by atoms with van der Waals surface area (Å²) in [6.07, 6.45) is 1.59. The van der Waals surface area contributed by atoms with Crippen LogP contribution in [-0.4, -0.2) is 60.9 Å². The number of phenolic OH excluding ortho intramolecular Hbond substituents is 1. The van der Waals surface area contributed by atoms with Crippen molar-refractivity contribution in [2.45, 2.75) is 52.7 Å². The van der Waals surface area contributed by atoms with E-state index in [9.17, 15) is 19.5 Å². The minimum atomic E-state index is -0.808. The number of aromatic hydroxyl groups is 1. The van der Waals surface area contributed by atoms with E-state index in [4.69, 9.17) is 0 Å². The van der Waals surface area contributed by atoms with Crippen molar-refractivity contribution in [1.29, 1.82) is 0 Å². The Morgan fingerprint density at radius 3 is 2.41 bits per heavy atom. The number of carbonyl (C=O) groups excluding carboxylic acids is 3. The Morgan fingerprint density at radius 2 is 1.79 bits per heavy atom. The fourth-order valence-corrected chi connectivity index (χ4v) is 2.46. The van der Waals surface area contributed by atoms with Gasteiger partial charge in [0.25, 0.3) is 0 Å². The van der Waals surface area contributed by atoms with Crippen LogP contribution >= 0.6 is 0 Å². The smallest absolute Gasteiger partial charge is 0.315 e. The number of likely N-dealkylation sites (N-methyl/N-ethyl adjacent to an activating group) is 1. The maximum absolute atomic E-state index is 12.1. The van der Waals surface area contributed by atoms with Gasteiger partial charge in [0.15, 0.2) is 0 Å². The molecule has 3 unspecified atom stereocenters. The molecular formula is C20H31N5O4. The molecule has 0 heterocycles. The quantitative estimate of drug-likeness (QED) is 0.408. The fourth-order valence-electron chi connectivity index (χ4n) is 2.46. The first kappa shape index (κ1) is 23.9. The highest BCUT2D eigenvalue weighted by atomic mass is 16.3. The van der Waals surface area contributed by atoms with E-state index in [0.29, 0.717) is 5.56 Å². The van der Waals surface area contributed by atoms with Crippen LogP contribution in [0.3, 0.4) is 0 Å². The lowest BCUT2D eigenvalue weighted by Crippen LogP contribution is -2.52. The van der Waals surface area contributed by atoms with Gasteiger partial charge in [0.05, 0.1) is 12.6 Å². The first-order chi connectivity index (χ1) is 13.5. The minimum Gasteiger partial charge on any atom is -0.507 e. The lowest BCUT2D eigenvalue weighted by atomic mass is 10.1. The number of aryl methyl sites for hydroxylation is 2. The van der Waals surface area contributed by atoms with E-state index in [2.05, 4.69) is 26.3 Å². The molecule has 3 atom stereocenters. The van der Waals surface area contributed by atoms with Crippen LogP contribution in [0.25, 0.3) is 0 Å². The summed E-state index contributed by atoms with van der Waals surface area (Å²) < 4.78 is 0. The average molecular weight is 405 g/mol. The number of urea groups is 1. The first-order valence-electron chi connectivity index (χ1n) is 9.43. The second-order valence-electron chi connectivity index (χ2n) is 7.06. The second kappa shape index (κ2) is 11.0. The molecule has 29 heavy (non-hydrogen) atoms. The van der Waals surface area contributed by atoms with Gasteiger partial charge in [-0.2, -0.15) is 0 Å². The number of carbonyl (C=O) groups is 3. The Morgan fingerprint density at radius 1 is 1.14 bits per heavy atom. The second-order valence-corrected chi connectivity index (χ2v) is 7.06. The monoisotopic (exact) mass is 405 g/mol. The van der Waals surface area contributed by atoms with Crippen molar-refractivity contribution in [3.05, 3.63) is 28.8 Å². The van der Waals surface area contributed by atoms with Crippen LogP contribution in [0.4, 0.5) is 4.79 Å².